The van der Waals surface area contributed by atoms with Crippen LogP contribution in [0.15, 0.2) is 30.1 Å². The Morgan fingerprint density at radius 1 is 1.41 bits per heavy atom. The van der Waals surface area contributed by atoms with Crippen molar-refractivity contribution < 1.29 is 22.4 Å². The molecule has 1 unspecified atom stereocenters. The van der Waals surface area contributed by atoms with E-state index in [1.165, 1.54) is 12.1 Å². The van der Waals surface area contributed by atoms with Crippen LogP contribution >= 0.6 is 11.6 Å². The lowest BCUT2D eigenvalue weighted by Crippen LogP contribution is -2.45. The van der Waals surface area contributed by atoms with Gasteiger partial charge in [-0.1, -0.05) is 17.7 Å². The Morgan fingerprint density at radius 3 is 2.73 bits per heavy atom. The van der Waals surface area contributed by atoms with E-state index in [4.69, 9.17) is 11.6 Å². The summed E-state index contributed by atoms with van der Waals surface area (Å²) in [6, 6.07) is 2.86. The van der Waals surface area contributed by atoms with Crippen molar-refractivity contribution in [2.24, 2.45) is 0 Å². The average molecular weight is 337 g/mol. The first-order valence-electron chi connectivity index (χ1n) is 6.48. The molecule has 8 heteroatoms. The number of nitrogens with one attached hydrogen (secondary N) is 2. The van der Waals surface area contributed by atoms with Crippen LogP contribution in [-0.4, -0.2) is 18.5 Å². The Balaban J connectivity index is 1.99. The lowest BCUT2D eigenvalue weighted by Gasteiger charge is -2.20. The predicted octanol–water partition coefficient (Wildman–Crippen LogP) is 3.19. The molecule has 0 spiro atoms. The van der Waals surface area contributed by atoms with Gasteiger partial charge in [0.25, 0.3) is 0 Å². The van der Waals surface area contributed by atoms with E-state index in [1.54, 1.807) is 0 Å². The molecule has 0 aliphatic carbocycles. The molecule has 1 aliphatic rings. The molecule has 0 fully saturated rings. The SMILES string of the molecule is O=C(NCc1ccc(Cl)c(C(F)(F)F)c1)C1CC=C(F)CN1. The zero-order valence-corrected chi connectivity index (χ0v) is 12.1. The van der Waals surface area contributed by atoms with Crippen LogP contribution in [0.3, 0.4) is 0 Å². The Bertz CT molecular complexity index is 601. The standard InChI is InChI=1S/C14H13ClF4N2O/c15-11-3-1-8(5-10(11)14(17,18)19)6-21-13(22)12-4-2-9(16)7-20-12/h1-3,5,12,20H,4,6-7H2,(H,21,22). The zero-order valence-electron chi connectivity index (χ0n) is 11.3. The topological polar surface area (TPSA) is 41.1 Å². The summed E-state index contributed by atoms with van der Waals surface area (Å²) in [5.41, 5.74) is -0.663. The van der Waals surface area contributed by atoms with Crippen molar-refractivity contribution >= 4 is 17.5 Å². The molecule has 22 heavy (non-hydrogen) atoms. The van der Waals surface area contributed by atoms with Gasteiger partial charge in [0.05, 0.1) is 16.6 Å². The van der Waals surface area contributed by atoms with Crippen molar-refractivity contribution in [2.75, 3.05) is 6.54 Å². The van der Waals surface area contributed by atoms with Crippen molar-refractivity contribution in [3.63, 3.8) is 0 Å². The molecule has 1 aromatic carbocycles. The smallest absolute Gasteiger partial charge is 0.351 e. The summed E-state index contributed by atoms with van der Waals surface area (Å²) >= 11 is 5.52. The number of halogens is 5. The van der Waals surface area contributed by atoms with Crippen LogP contribution in [0.2, 0.25) is 5.02 Å². The zero-order chi connectivity index (χ0) is 16.3. The highest BCUT2D eigenvalue weighted by molar-refractivity contribution is 6.31. The molecule has 0 saturated heterocycles. The fourth-order valence-corrected chi connectivity index (χ4v) is 2.26. The number of carbonyl (C=O) groups excluding carboxylic acids is 1. The molecule has 1 aromatic rings. The summed E-state index contributed by atoms with van der Waals surface area (Å²) in [6.07, 6.45) is -3.04. The number of carbonyl (C=O) groups is 1. The molecule has 2 rings (SSSR count). The number of hydrogen-bond donors (Lipinski definition) is 2. The largest absolute Gasteiger partial charge is 0.417 e. The summed E-state index contributed by atoms with van der Waals surface area (Å²) in [5, 5.41) is 4.82. The number of alkyl halides is 3. The van der Waals surface area contributed by atoms with Gasteiger partial charge in [-0.2, -0.15) is 13.2 Å². The van der Waals surface area contributed by atoms with Crippen LogP contribution in [-0.2, 0) is 17.5 Å². The van der Waals surface area contributed by atoms with Crippen LogP contribution in [0, 0.1) is 0 Å². The number of benzene rings is 1. The van der Waals surface area contributed by atoms with Gasteiger partial charge in [-0.15, -0.1) is 0 Å². The third-order valence-corrected chi connectivity index (χ3v) is 3.54. The second-order valence-electron chi connectivity index (χ2n) is 4.85. The first-order chi connectivity index (χ1) is 10.3. The lowest BCUT2D eigenvalue weighted by molar-refractivity contribution is -0.137. The minimum absolute atomic E-state index is 0.0305. The van der Waals surface area contributed by atoms with Crippen molar-refractivity contribution in [3.05, 3.63) is 46.3 Å². The number of amides is 1. The van der Waals surface area contributed by atoms with Gasteiger partial charge in [0.2, 0.25) is 5.91 Å². The molecule has 0 bridgehead atoms. The Morgan fingerprint density at radius 2 is 2.14 bits per heavy atom. The van der Waals surface area contributed by atoms with Gasteiger partial charge in [-0.05, 0) is 30.2 Å². The van der Waals surface area contributed by atoms with E-state index in [2.05, 4.69) is 10.6 Å². The van der Waals surface area contributed by atoms with Crippen LogP contribution in [0.25, 0.3) is 0 Å². The van der Waals surface area contributed by atoms with E-state index in [1.807, 2.05) is 0 Å². The van der Waals surface area contributed by atoms with E-state index in [0.29, 0.717) is 0 Å². The normalized spacial score (nSPS) is 18.8. The molecule has 1 atom stereocenters. The van der Waals surface area contributed by atoms with E-state index in [-0.39, 0.29) is 30.9 Å². The first kappa shape index (κ1) is 16.8. The van der Waals surface area contributed by atoms with Crippen molar-refractivity contribution in [3.8, 4) is 0 Å². The van der Waals surface area contributed by atoms with Gasteiger partial charge in [0.15, 0.2) is 0 Å². The molecular formula is C14H13ClF4N2O. The molecule has 1 amide bonds. The third kappa shape index (κ3) is 4.20. The minimum Gasteiger partial charge on any atom is -0.351 e. The van der Waals surface area contributed by atoms with E-state index in [0.717, 1.165) is 12.1 Å². The maximum absolute atomic E-state index is 12.8. The quantitative estimate of drug-likeness (QED) is 0.832. The maximum Gasteiger partial charge on any atom is 0.417 e. The molecule has 2 N–H and O–H groups in total. The van der Waals surface area contributed by atoms with Gasteiger partial charge in [-0.25, -0.2) is 4.39 Å². The molecule has 1 heterocycles. The molecule has 3 nitrogen and oxygen atoms in total. The highest BCUT2D eigenvalue weighted by atomic mass is 35.5. The summed E-state index contributed by atoms with van der Waals surface area (Å²) in [4.78, 5) is 11.9. The Kier molecular flexibility index (Phi) is 5.08. The van der Waals surface area contributed by atoms with Crippen LogP contribution in [0.5, 0.6) is 0 Å². The second-order valence-corrected chi connectivity index (χ2v) is 5.26. The second kappa shape index (κ2) is 6.66. The predicted molar refractivity (Wildman–Crippen MR) is 73.9 cm³/mol. The van der Waals surface area contributed by atoms with Gasteiger partial charge < -0.3 is 5.32 Å². The van der Waals surface area contributed by atoms with Gasteiger partial charge in [-0.3, -0.25) is 10.1 Å². The van der Waals surface area contributed by atoms with Crippen molar-refractivity contribution in [1.82, 2.24) is 10.6 Å². The molecule has 0 aromatic heterocycles. The van der Waals surface area contributed by atoms with Gasteiger partial charge in [0.1, 0.15) is 5.83 Å². The van der Waals surface area contributed by atoms with Crippen molar-refractivity contribution in [2.45, 2.75) is 25.2 Å². The van der Waals surface area contributed by atoms with E-state index < -0.39 is 28.7 Å². The maximum atomic E-state index is 12.8. The van der Waals surface area contributed by atoms with Gasteiger partial charge in [0, 0.05) is 13.1 Å². The van der Waals surface area contributed by atoms with Crippen LogP contribution < -0.4 is 10.6 Å². The number of rotatable bonds is 3. The van der Waals surface area contributed by atoms with Crippen molar-refractivity contribution in [1.29, 1.82) is 0 Å². The fraction of sp³-hybridized carbons (Fsp3) is 0.357. The van der Waals surface area contributed by atoms with Gasteiger partial charge >= 0.3 is 6.18 Å². The average Bonchev–Trinajstić information content (AvgIpc) is 2.45. The summed E-state index contributed by atoms with van der Waals surface area (Å²) in [7, 11) is 0. The van der Waals surface area contributed by atoms with E-state index in [9.17, 15) is 22.4 Å². The Hall–Kier alpha value is -1.60. The van der Waals surface area contributed by atoms with Crippen LogP contribution in [0.1, 0.15) is 17.5 Å². The summed E-state index contributed by atoms with van der Waals surface area (Å²) in [5.74, 6) is -0.733. The molecule has 1 aliphatic heterocycles. The Labute approximate surface area is 129 Å². The fourth-order valence-electron chi connectivity index (χ4n) is 2.03. The highest BCUT2D eigenvalue weighted by Crippen LogP contribution is 2.35. The molecule has 0 radical (unpaired) electrons. The summed E-state index contributed by atoms with van der Waals surface area (Å²) in [6.45, 7) is -0.0965. The first-order valence-corrected chi connectivity index (χ1v) is 6.86. The monoisotopic (exact) mass is 336 g/mol. The molecule has 0 saturated carbocycles. The molecular weight excluding hydrogens is 324 g/mol. The minimum atomic E-state index is -4.55. The number of hydrogen-bond acceptors (Lipinski definition) is 2. The molecule has 120 valence electrons. The highest BCUT2D eigenvalue weighted by Gasteiger charge is 2.33. The van der Waals surface area contributed by atoms with E-state index >= 15 is 0 Å². The lowest BCUT2D eigenvalue weighted by atomic mass is 10.1. The summed E-state index contributed by atoms with van der Waals surface area (Å²) < 4.78 is 51.0. The third-order valence-electron chi connectivity index (χ3n) is 3.21. The van der Waals surface area contributed by atoms with Crippen LogP contribution in [0.4, 0.5) is 17.6 Å².